The molecular weight excluding hydrogens is 211 g/mol. The highest BCUT2D eigenvalue weighted by Gasteiger charge is 2.25. The molecule has 1 heterocycles. The van der Waals surface area contributed by atoms with Crippen molar-refractivity contribution in [3.63, 3.8) is 0 Å². The Morgan fingerprint density at radius 2 is 2.13 bits per heavy atom. The van der Waals surface area contributed by atoms with Gasteiger partial charge in [0.25, 0.3) is 6.43 Å². The molecule has 0 saturated carbocycles. The first kappa shape index (κ1) is 11.5. The highest BCUT2D eigenvalue weighted by Crippen LogP contribution is 2.24. The van der Waals surface area contributed by atoms with Gasteiger partial charge in [-0.15, -0.1) is 0 Å². The van der Waals surface area contributed by atoms with Crippen LogP contribution in [0.15, 0.2) is 6.20 Å². The van der Waals surface area contributed by atoms with Crippen LogP contribution >= 0.6 is 0 Å². The average molecular weight is 219 g/mol. The largest absolute Gasteiger partial charge is 0.465 e. The molecule has 0 amide bonds. The van der Waals surface area contributed by atoms with Crippen LogP contribution < -0.4 is 0 Å². The van der Waals surface area contributed by atoms with Gasteiger partial charge in [-0.05, 0) is 6.92 Å². The standard InChI is InChI=1S/C9H8F3NO2/c1-4-3-13-7(8(11)12)5(6(4)10)9(14)15-2/h3,8H,1-2H3. The van der Waals surface area contributed by atoms with E-state index in [0.29, 0.717) is 0 Å². The summed E-state index contributed by atoms with van der Waals surface area (Å²) in [4.78, 5) is 14.4. The second-order valence-corrected chi connectivity index (χ2v) is 2.81. The van der Waals surface area contributed by atoms with Gasteiger partial charge in [0.05, 0.1) is 7.11 Å². The van der Waals surface area contributed by atoms with E-state index < -0.39 is 29.5 Å². The maximum absolute atomic E-state index is 13.4. The molecule has 0 atom stereocenters. The van der Waals surface area contributed by atoms with E-state index >= 15 is 0 Å². The molecule has 0 fully saturated rings. The monoisotopic (exact) mass is 219 g/mol. The molecule has 0 N–H and O–H groups in total. The van der Waals surface area contributed by atoms with E-state index in [0.717, 1.165) is 13.3 Å². The van der Waals surface area contributed by atoms with E-state index in [1.165, 1.54) is 6.92 Å². The van der Waals surface area contributed by atoms with E-state index in [1.807, 2.05) is 0 Å². The lowest BCUT2D eigenvalue weighted by molar-refractivity contribution is 0.0580. The Bertz CT molecular complexity index is 393. The number of ether oxygens (including phenoxy) is 1. The van der Waals surface area contributed by atoms with Crippen molar-refractivity contribution in [2.45, 2.75) is 13.3 Å². The number of methoxy groups -OCH3 is 1. The normalized spacial score (nSPS) is 10.5. The van der Waals surface area contributed by atoms with Crippen LogP contribution in [0.3, 0.4) is 0 Å². The molecule has 0 aromatic carbocycles. The van der Waals surface area contributed by atoms with Crippen LogP contribution in [0.1, 0.15) is 28.0 Å². The zero-order valence-electron chi connectivity index (χ0n) is 8.05. The lowest BCUT2D eigenvalue weighted by Crippen LogP contribution is -2.12. The number of carbonyl (C=O) groups excluding carboxylic acids is 1. The number of aromatic nitrogens is 1. The summed E-state index contributed by atoms with van der Waals surface area (Å²) < 4.78 is 42.4. The Kier molecular flexibility index (Phi) is 3.28. The molecule has 0 unspecified atom stereocenters. The molecule has 0 aliphatic rings. The van der Waals surface area contributed by atoms with Crippen LogP contribution in [0, 0.1) is 12.7 Å². The SMILES string of the molecule is COC(=O)c1c(C(F)F)ncc(C)c1F. The molecule has 0 aliphatic carbocycles. The molecule has 6 heteroatoms. The van der Waals surface area contributed by atoms with Gasteiger partial charge in [-0.3, -0.25) is 4.98 Å². The Hall–Kier alpha value is -1.59. The van der Waals surface area contributed by atoms with Gasteiger partial charge in [0.15, 0.2) is 0 Å². The van der Waals surface area contributed by atoms with Crippen molar-refractivity contribution in [1.29, 1.82) is 0 Å². The van der Waals surface area contributed by atoms with Gasteiger partial charge in [-0.1, -0.05) is 0 Å². The number of esters is 1. The summed E-state index contributed by atoms with van der Waals surface area (Å²) in [7, 11) is 0.985. The molecule has 1 aromatic heterocycles. The van der Waals surface area contributed by atoms with Gasteiger partial charge in [0, 0.05) is 11.8 Å². The van der Waals surface area contributed by atoms with Gasteiger partial charge in [0.1, 0.15) is 17.1 Å². The first-order valence-corrected chi connectivity index (χ1v) is 4.00. The molecule has 15 heavy (non-hydrogen) atoms. The summed E-state index contributed by atoms with van der Waals surface area (Å²) in [5.41, 5.74) is -1.68. The van der Waals surface area contributed by atoms with Gasteiger partial charge in [0.2, 0.25) is 0 Å². The van der Waals surface area contributed by atoms with Crippen LogP contribution in [0.25, 0.3) is 0 Å². The third kappa shape index (κ3) is 2.08. The highest BCUT2D eigenvalue weighted by atomic mass is 19.3. The molecule has 0 saturated heterocycles. The molecule has 82 valence electrons. The summed E-state index contributed by atoms with van der Waals surface area (Å²) in [5.74, 6) is -2.17. The van der Waals surface area contributed by atoms with Gasteiger partial charge in [-0.2, -0.15) is 0 Å². The minimum atomic E-state index is -3.02. The fourth-order valence-electron chi connectivity index (χ4n) is 1.06. The van der Waals surface area contributed by atoms with Crippen molar-refractivity contribution >= 4 is 5.97 Å². The number of nitrogens with zero attached hydrogens (tertiary/aromatic N) is 1. The fraction of sp³-hybridized carbons (Fsp3) is 0.333. The molecule has 0 bridgehead atoms. The Labute approximate surface area is 83.9 Å². The predicted octanol–water partition coefficient (Wildman–Crippen LogP) is 2.25. The number of alkyl halides is 2. The summed E-state index contributed by atoms with van der Waals surface area (Å²) in [6.45, 7) is 1.32. The summed E-state index contributed by atoms with van der Waals surface area (Å²) in [6, 6.07) is 0. The second-order valence-electron chi connectivity index (χ2n) is 2.81. The number of halogens is 3. The van der Waals surface area contributed by atoms with Crippen molar-refractivity contribution in [2.24, 2.45) is 0 Å². The first-order valence-electron chi connectivity index (χ1n) is 4.00. The number of pyridine rings is 1. The number of hydrogen-bond acceptors (Lipinski definition) is 3. The molecule has 0 spiro atoms. The zero-order valence-corrected chi connectivity index (χ0v) is 8.05. The fourth-order valence-corrected chi connectivity index (χ4v) is 1.06. The van der Waals surface area contributed by atoms with Crippen LogP contribution in [-0.2, 0) is 4.74 Å². The lowest BCUT2D eigenvalue weighted by Gasteiger charge is -2.08. The number of aryl methyl sites for hydroxylation is 1. The number of carbonyl (C=O) groups is 1. The van der Waals surface area contributed by atoms with E-state index in [-0.39, 0.29) is 5.56 Å². The van der Waals surface area contributed by atoms with Gasteiger partial charge < -0.3 is 4.74 Å². The maximum atomic E-state index is 13.4. The van der Waals surface area contributed by atoms with Crippen molar-refractivity contribution in [3.05, 3.63) is 28.8 Å². The summed E-state index contributed by atoms with van der Waals surface area (Å²) in [5, 5.41) is 0. The van der Waals surface area contributed by atoms with E-state index in [4.69, 9.17) is 0 Å². The Morgan fingerprint density at radius 1 is 1.53 bits per heavy atom. The Morgan fingerprint density at radius 3 is 2.60 bits per heavy atom. The minimum Gasteiger partial charge on any atom is -0.465 e. The van der Waals surface area contributed by atoms with Crippen molar-refractivity contribution in [1.82, 2.24) is 4.98 Å². The molecule has 1 aromatic rings. The van der Waals surface area contributed by atoms with Gasteiger partial charge >= 0.3 is 5.97 Å². The van der Waals surface area contributed by atoms with Crippen molar-refractivity contribution < 1.29 is 22.7 Å². The van der Waals surface area contributed by atoms with Crippen molar-refractivity contribution in [3.8, 4) is 0 Å². The zero-order chi connectivity index (χ0) is 11.6. The number of hydrogen-bond donors (Lipinski definition) is 0. The maximum Gasteiger partial charge on any atom is 0.342 e. The highest BCUT2D eigenvalue weighted by molar-refractivity contribution is 5.91. The molecular formula is C9H8F3NO2. The van der Waals surface area contributed by atoms with Crippen LogP contribution in [0.2, 0.25) is 0 Å². The third-order valence-corrected chi connectivity index (χ3v) is 1.82. The van der Waals surface area contributed by atoms with Crippen LogP contribution in [-0.4, -0.2) is 18.1 Å². The third-order valence-electron chi connectivity index (χ3n) is 1.82. The van der Waals surface area contributed by atoms with E-state index in [2.05, 4.69) is 9.72 Å². The van der Waals surface area contributed by atoms with Crippen LogP contribution in [0.4, 0.5) is 13.2 Å². The lowest BCUT2D eigenvalue weighted by atomic mass is 10.1. The first-order chi connectivity index (χ1) is 6.99. The number of rotatable bonds is 2. The molecule has 0 aliphatic heterocycles. The minimum absolute atomic E-state index is 0.0137. The van der Waals surface area contributed by atoms with Crippen LogP contribution in [0.5, 0.6) is 0 Å². The molecule has 1 rings (SSSR count). The molecule has 0 radical (unpaired) electrons. The Balaban J connectivity index is 3.41. The molecule has 3 nitrogen and oxygen atoms in total. The van der Waals surface area contributed by atoms with Gasteiger partial charge in [-0.25, -0.2) is 18.0 Å². The topological polar surface area (TPSA) is 39.2 Å². The van der Waals surface area contributed by atoms with E-state index in [9.17, 15) is 18.0 Å². The van der Waals surface area contributed by atoms with Crippen molar-refractivity contribution in [2.75, 3.05) is 7.11 Å². The quantitative estimate of drug-likeness (QED) is 0.716. The summed E-state index contributed by atoms with van der Waals surface area (Å²) in [6.07, 6.45) is -2.07. The second kappa shape index (κ2) is 4.29. The smallest absolute Gasteiger partial charge is 0.342 e. The predicted molar refractivity (Wildman–Crippen MR) is 45.2 cm³/mol. The summed E-state index contributed by atoms with van der Waals surface area (Å²) >= 11 is 0. The average Bonchev–Trinajstić information content (AvgIpc) is 2.20. The van der Waals surface area contributed by atoms with E-state index in [1.54, 1.807) is 0 Å².